The number of nitrogens with one attached hydrogen (secondary N) is 2. The Morgan fingerprint density at radius 1 is 1.33 bits per heavy atom. The summed E-state index contributed by atoms with van der Waals surface area (Å²) < 4.78 is 0. The van der Waals surface area contributed by atoms with E-state index in [1.54, 1.807) is 0 Å². The predicted molar refractivity (Wildman–Crippen MR) is 52.6 cm³/mol. The standard InChI is InChI=1S/C9H8N2S/c1-2-10-7-4-8-9(3-6(1)7)12-5-11-8/h1-4,10-11H,5H2. The van der Waals surface area contributed by atoms with Crippen molar-refractivity contribution in [2.75, 3.05) is 11.2 Å². The summed E-state index contributed by atoms with van der Waals surface area (Å²) in [7, 11) is 0. The summed E-state index contributed by atoms with van der Waals surface area (Å²) in [6.07, 6.45) is 1.98. The quantitative estimate of drug-likeness (QED) is 0.645. The molecule has 1 aliphatic heterocycles. The zero-order valence-corrected chi connectivity index (χ0v) is 7.24. The van der Waals surface area contributed by atoms with E-state index < -0.39 is 0 Å². The fraction of sp³-hybridized carbons (Fsp3) is 0.111. The fourth-order valence-electron chi connectivity index (χ4n) is 1.53. The molecule has 1 aliphatic rings. The summed E-state index contributed by atoms with van der Waals surface area (Å²) in [6, 6.07) is 6.50. The molecule has 0 bridgehead atoms. The number of hydrogen-bond donors (Lipinski definition) is 2. The first-order valence-electron chi connectivity index (χ1n) is 3.91. The van der Waals surface area contributed by atoms with Crippen LogP contribution in [-0.4, -0.2) is 10.9 Å². The molecule has 60 valence electrons. The molecule has 3 heteroatoms. The van der Waals surface area contributed by atoms with Crippen LogP contribution in [0.1, 0.15) is 0 Å². The minimum Gasteiger partial charge on any atom is -0.375 e. The van der Waals surface area contributed by atoms with Crippen molar-refractivity contribution in [3.05, 3.63) is 24.4 Å². The van der Waals surface area contributed by atoms with Crippen molar-refractivity contribution >= 4 is 28.4 Å². The Hall–Kier alpha value is -1.09. The van der Waals surface area contributed by atoms with Crippen LogP contribution in [0.15, 0.2) is 29.3 Å². The Morgan fingerprint density at radius 2 is 2.33 bits per heavy atom. The number of hydrogen-bond acceptors (Lipinski definition) is 2. The minimum atomic E-state index is 1.00. The summed E-state index contributed by atoms with van der Waals surface area (Å²) in [4.78, 5) is 4.56. The largest absolute Gasteiger partial charge is 0.375 e. The van der Waals surface area contributed by atoms with Gasteiger partial charge in [0, 0.05) is 22.0 Å². The van der Waals surface area contributed by atoms with Crippen molar-refractivity contribution in [2.45, 2.75) is 4.90 Å². The second-order valence-electron chi connectivity index (χ2n) is 2.88. The number of aromatic amines is 1. The molecule has 0 unspecified atom stereocenters. The molecule has 2 heterocycles. The van der Waals surface area contributed by atoms with Gasteiger partial charge in [-0.05, 0) is 18.2 Å². The van der Waals surface area contributed by atoms with Crippen molar-refractivity contribution in [3.63, 3.8) is 0 Å². The van der Waals surface area contributed by atoms with E-state index >= 15 is 0 Å². The lowest BCUT2D eigenvalue weighted by atomic mass is 10.2. The third-order valence-corrected chi connectivity index (χ3v) is 3.08. The summed E-state index contributed by atoms with van der Waals surface area (Å²) >= 11 is 1.86. The number of rotatable bonds is 0. The van der Waals surface area contributed by atoms with E-state index in [0.717, 1.165) is 5.88 Å². The smallest absolute Gasteiger partial charge is 0.0658 e. The van der Waals surface area contributed by atoms with E-state index in [2.05, 4.69) is 28.5 Å². The molecule has 3 rings (SSSR count). The van der Waals surface area contributed by atoms with Crippen LogP contribution in [0.4, 0.5) is 5.69 Å². The van der Waals surface area contributed by atoms with Crippen LogP contribution in [0.5, 0.6) is 0 Å². The van der Waals surface area contributed by atoms with Gasteiger partial charge in [-0.25, -0.2) is 0 Å². The van der Waals surface area contributed by atoms with Crippen LogP contribution < -0.4 is 5.32 Å². The van der Waals surface area contributed by atoms with E-state index in [-0.39, 0.29) is 0 Å². The second kappa shape index (κ2) is 2.20. The fourth-order valence-corrected chi connectivity index (χ4v) is 2.41. The molecule has 2 aromatic rings. The van der Waals surface area contributed by atoms with Crippen LogP contribution in [0.3, 0.4) is 0 Å². The highest BCUT2D eigenvalue weighted by Gasteiger charge is 2.11. The normalized spacial score (nSPS) is 14.7. The van der Waals surface area contributed by atoms with E-state index in [1.807, 2.05) is 18.0 Å². The second-order valence-corrected chi connectivity index (χ2v) is 3.90. The van der Waals surface area contributed by atoms with Gasteiger partial charge in [0.05, 0.1) is 11.6 Å². The molecule has 0 radical (unpaired) electrons. The van der Waals surface area contributed by atoms with Gasteiger partial charge in [-0.2, -0.15) is 0 Å². The van der Waals surface area contributed by atoms with Crippen LogP contribution >= 0.6 is 11.8 Å². The van der Waals surface area contributed by atoms with E-state index in [9.17, 15) is 0 Å². The molecule has 0 atom stereocenters. The maximum Gasteiger partial charge on any atom is 0.0658 e. The molecule has 0 saturated carbocycles. The Labute approximate surface area is 74.4 Å². The first kappa shape index (κ1) is 6.43. The highest BCUT2D eigenvalue weighted by molar-refractivity contribution is 7.99. The van der Waals surface area contributed by atoms with Gasteiger partial charge in [-0.3, -0.25) is 0 Å². The van der Waals surface area contributed by atoms with E-state index in [0.29, 0.717) is 0 Å². The third kappa shape index (κ3) is 0.770. The van der Waals surface area contributed by atoms with Crippen molar-refractivity contribution in [3.8, 4) is 0 Å². The van der Waals surface area contributed by atoms with Gasteiger partial charge in [0.15, 0.2) is 0 Å². The van der Waals surface area contributed by atoms with Crippen molar-refractivity contribution in [1.82, 2.24) is 4.98 Å². The highest BCUT2D eigenvalue weighted by atomic mass is 32.2. The summed E-state index contributed by atoms with van der Waals surface area (Å²) in [5.74, 6) is 1.00. The summed E-state index contributed by atoms with van der Waals surface area (Å²) in [5, 5.41) is 4.62. The first-order chi connectivity index (χ1) is 5.93. The first-order valence-corrected chi connectivity index (χ1v) is 4.90. The van der Waals surface area contributed by atoms with Crippen LogP contribution in [0.25, 0.3) is 10.9 Å². The Bertz CT molecular complexity index is 395. The van der Waals surface area contributed by atoms with Gasteiger partial charge in [0.1, 0.15) is 0 Å². The van der Waals surface area contributed by atoms with Gasteiger partial charge >= 0.3 is 0 Å². The lowest BCUT2D eigenvalue weighted by Gasteiger charge is -1.97. The maximum atomic E-state index is 3.32. The average Bonchev–Trinajstić information content (AvgIpc) is 2.64. The molecule has 1 aromatic carbocycles. The van der Waals surface area contributed by atoms with Gasteiger partial charge in [-0.1, -0.05) is 0 Å². The van der Waals surface area contributed by atoms with Crippen molar-refractivity contribution < 1.29 is 0 Å². The molecule has 0 saturated heterocycles. The number of fused-ring (bicyclic) bond motifs is 2. The average molecular weight is 176 g/mol. The molecule has 0 spiro atoms. The highest BCUT2D eigenvalue weighted by Crippen LogP contribution is 2.36. The topological polar surface area (TPSA) is 27.8 Å². The summed E-state index contributed by atoms with van der Waals surface area (Å²) in [5.41, 5.74) is 2.47. The number of H-pyrrole nitrogens is 1. The van der Waals surface area contributed by atoms with Crippen LogP contribution in [0.2, 0.25) is 0 Å². The van der Waals surface area contributed by atoms with Gasteiger partial charge < -0.3 is 10.3 Å². The van der Waals surface area contributed by atoms with Gasteiger partial charge in [0.2, 0.25) is 0 Å². The third-order valence-electron chi connectivity index (χ3n) is 2.14. The Balaban J connectivity index is 2.38. The number of aromatic nitrogens is 1. The summed E-state index contributed by atoms with van der Waals surface area (Å²) in [6.45, 7) is 0. The predicted octanol–water partition coefficient (Wildman–Crippen LogP) is 2.64. The lowest BCUT2D eigenvalue weighted by molar-refractivity contribution is 1.43. The molecule has 2 N–H and O–H groups in total. The van der Waals surface area contributed by atoms with Crippen molar-refractivity contribution in [1.29, 1.82) is 0 Å². The van der Waals surface area contributed by atoms with Crippen molar-refractivity contribution in [2.24, 2.45) is 0 Å². The molecular weight excluding hydrogens is 168 g/mol. The molecule has 0 amide bonds. The molecule has 2 nitrogen and oxygen atoms in total. The van der Waals surface area contributed by atoms with Crippen LogP contribution in [0, 0.1) is 0 Å². The van der Waals surface area contributed by atoms with Gasteiger partial charge in [0.25, 0.3) is 0 Å². The number of anilines is 1. The minimum absolute atomic E-state index is 1.00. The molecule has 12 heavy (non-hydrogen) atoms. The zero-order chi connectivity index (χ0) is 7.97. The van der Waals surface area contributed by atoms with E-state index in [1.165, 1.54) is 21.5 Å². The molecular formula is C9H8N2S. The molecule has 0 aliphatic carbocycles. The number of thioether (sulfide) groups is 1. The zero-order valence-electron chi connectivity index (χ0n) is 6.42. The maximum absolute atomic E-state index is 3.32. The Kier molecular flexibility index (Phi) is 1.18. The van der Waals surface area contributed by atoms with Crippen LogP contribution in [-0.2, 0) is 0 Å². The van der Waals surface area contributed by atoms with E-state index in [4.69, 9.17) is 0 Å². The monoisotopic (exact) mass is 176 g/mol. The molecule has 1 aromatic heterocycles. The lowest BCUT2D eigenvalue weighted by Crippen LogP contribution is -1.87. The Morgan fingerprint density at radius 3 is 3.33 bits per heavy atom. The SMILES string of the molecule is c1cc2cc3c(cc2[nH]1)NCS3. The van der Waals surface area contributed by atoms with Gasteiger partial charge in [-0.15, -0.1) is 11.8 Å². The molecule has 0 fully saturated rings. The number of benzene rings is 1.